The van der Waals surface area contributed by atoms with Gasteiger partial charge in [-0.15, -0.1) is 0 Å². The second-order valence-electron chi connectivity index (χ2n) is 4.63. The summed E-state index contributed by atoms with van der Waals surface area (Å²) in [7, 11) is -1.24. The van der Waals surface area contributed by atoms with Gasteiger partial charge in [0.05, 0.1) is 11.0 Å². The lowest BCUT2D eigenvalue weighted by Gasteiger charge is -2.18. The molecule has 0 saturated carbocycles. The third kappa shape index (κ3) is 3.82. The number of sulfone groups is 1. The van der Waals surface area contributed by atoms with Crippen molar-refractivity contribution in [2.45, 2.75) is 32.1 Å². The second kappa shape index (κ2) is 5.65. The Labute approximate surface area is 104 Å². The van der Waals surface area contributed by atoms with Crippen molar-refractivity contribution < 1.29 is 8.42 Å². The predicted octanol–water partition coefficient (Wildman–Crippen LogP) is 2.08. The molecule has 1 N–H and O–H groups in total. The molecule has 0 fully saturated rings. The summed E-state index contributed by atoms with van der Waals surface area (Å²) in [5.74, 6) is 0.143. The number of nitrogens with one attached hydrogen (secondary N) is 1. The van der Waals surface area contributed by atoms with E-state index in [1.54, 1.807) is 20.9 Å². The van der Waals surface area contributed by atoms with Crippen molar-refractivity contribution in [3.05, 3.63) is 35.4 Å². The monoisotopic (exact) mass is 255 g/mol. The van der Waals surface area contributed by atoms with E-state index >= 15 is 0 Å². The molecule has 1 rings (SSSR count). The minimum Gasteiger partial charge on any atom is -0.312 e. The van der Waals surface area contributed by atoms with Gasteiger partial charge in [-0.2, -0.15) is 0 Å². The minimum atomic E-state index is -3.03. The summed E-state index contributed by atoms with van der Waals surface area (Å²) in [6, 6.07) is 7.82. The fraction of sp³-hybridized carbons (Fsp3) is 0.538. The van der Waals surface area contributed by atoms with E-state index in [1.807, 2.05) is 31.2 Å². The molecule has 1 aromatic rings. The Morgan fingerprint density at radius 2 is 1.71 bits per heavy atom. The largest absolute Gasteiger partial charge is 0.312 e. The van der Waals surface area contributed by atoms with Crippen molar-refractivity contribution in [2.24, 2.45) is 0 Å². The van der Waals surface area contributed by atoms with Crippen LogP contribution in [0.2, 0.25) is 0 Å². The molecule has 0 saturated heterocycles. The van der Waals surface area contributed by atoms with Crippen LogP contribution in [-0.4, -0.2) is 26.5 Å². The predicted molar refractivity (Wildman–Crippen MR) is 71.9 cm³/mol. The Kier molecular flexibility index (Phi) is 4.71. The van der Waals surface area contributed by atoms with Gasteiger partial charge in [0.1, 0.15) is 0 Å². The van der Waals surface area contributed by atoms with Gasteiger partial charge in [0.2, 0.25) is 0 Å². The molecule has 3 nitrogen and oxygen atoms in total. The molecule has 0 heterocycles. The Balaban J connectivity index is 2.90. The Morgan fingerprint density at radius 3 is 2.12 bits per heavy atom. The highest BCUT2D eigenvalue weighted by Gasteiger charge is 2.22. The maximum atomic E-state index is 11.9. The molecule has 0 aliphatic carbocycles. The van der Waals surface area contributed by atoms with E-state index in [1.165, 1.54) is 5.56 Å². The van der Waals surface area contributed by atoms with Crippen LogP contribution in [0.5, 0.6) is 0 Å². The molecular weight excluding hydrogens is 234 g/mol. The van der Waals surface area contributed by atoms with Crippen LogP contribution in [0, 0.1) is 6.92 Å². The standard InChI is InChI=1S/C13H21NO2S/c1-10(2)17(15,16)9-13(14-4)12-7-5-11(3)6-8-12/h5-8,10,13-14H,9H2,1-4H3. The van der Waals surface area contributed by atoms with E-state index in [9.17, 15) is 8.42 Å². The summed E-state index contributed by atoms with van der Waals surface area (Å²) < 4.78 is 23.8. The van der Waals surface area contributed by atoms with Gasteiger partial charge in [-0.3, -0.25) is 0 Å². The van der Waals surface area contributed by atoms with E-state index in [2.05, 4.69) is 5.32 Å². The van der Waals surface area contributed by atoms with Crippen molar-refractivity contribution >= 4 is 9.84 Å². The van der Waals surface area contributed by atoms with Crippen molar-refractivity contribution in [3.63, 3.8) is 0 Å². The minimum absolute atomic E-state index is 0.136. The summed E-state index contributed by atoms with van der Waals surface area (Å²) in [5, 5.41) is 2.74. The first-order valence-corrected chi connectivity index (χ1v) is 7.53. The summed E-state index contributed by atoms with van der Waals surface area (Å²) in [6.45, 7) is 5.46. The normalized spacial score (nSPS) is 13.9. The third-order valence-electron chi connectivity index (χ3n) is 2.95. The highest BCUT2D eigenvalue weighted by molar-refractivity contribution is 7.92. The van der Waals surface area contributed by atoms with Crippen LogP contribution in [0.3, 0.4) is 0 Å². The first-order chi connectivity index (χ1) is 7.86. The van der Waals surface area contributed by atoms with Crippen LogP contribution < -0.4 is 5.32 Å². The van der Waals surface area contributed by atoms with Gasteiger partial charge < -0.3 is 5.32 Å². The van der Waals surface area contributed by atoms with Gasteiger partial charge in [-0.1, -0.05) is 29.8 Å². The lowest BCUT2D eigenvalue weighted by atomic mass is 10.1. The molecule has 96 valence electrons. The first-order valence-electron chi connectivity index (χ1n) is 5.82. The van der Waals surface area contributed by atoms with Crippen LogP contribution in [-0.2, 0) is 9.84 Å². The second-order valence-corrected chi connectivity index (χ2v) is 7.23. The molecular formula is C13H21NO2S. The van der Waals surface area contributed by atoms with Gasteiger partial charge in [0, 0.05) is 6.04 Å². The molecule has 0 spiro atoms. The van der Waals surface area contributed by atoms with Crippen LogP contribution >= 0.6 is 0 Å². The van der Waals surface area contributed by atoms with Crippen molar-refractivity contribution in [1.29, 1.82) is 0 Å². The summed E-state index contributed by atoms with van der Waals surface area (Å²) in [4.78, 5) is 0. The fourth-order valence-corrected chi connectivity index (χ4v) is 2.78. The number of rotatable bonds is 5. The van der Waals surface area contributed by atoms with Crippen molar-refractivity contribution in [1.82, 2.24) is 5.32 Å². The molecule has 1 aromatic carbocycles. The van der Waals surface area contributed by atoms with E-state index in [-0.39, 0.29) is 17.0 Å². The van der Waals surface area contributed by atoms with E-state index < -0.39 is 9.84 Å². The Bertz CT molecular complexity index is 449. The third-order valence-corrected chi connectivity index (χ3v) is 5.18. The lowest BCUT2D eigenvalue weighted by molar-refractivity contribution is 0.566. The molecule has 4 heteroatoms. The zero-order chi connectivity index (χ0) is 13.1. The Hall–Kier alpha value is -0.870. The average Bonchev–Trinajstić information content (AvgIpc) is 2.27. The number of hydrogen-bond donors (Lipinski definition) is 1. The molecule has 17 heavy (non-hydrogen) atoms. The van der Waals surface area contributed by atoms with Gasteiger partial charge >= 0.3 is 0 Å². The fourth-order valence-electron chi connectivity index (χ4n) is 1.57. The smallest absolute Gasteiger partial charge is 0.154 e. The molecule has 0 amide bonds. The van der Waals surface area contributed by atoms with Crippen molar-refractivity contribution in [2.75, 3.05) is 12.8 Å². The lowest BCUT2D eigenvalue weighted by Crippen LogP contribution is -2.29. The van der Waals surface area contributed by atoms with Crippen LogP contribution in [0.4, 0.5) is 0 Å². The quantitative estimate of drug-likeness (QED) is 0.876. The SMILES string of the molecule is CNC(CS(=O)(=O)C(C)C)c1ccc(C)cc1. The molecule has 0 aromatic heterocycles. The van der Waals surface area contributed by atoms with Gasteiger partial charge in [0.15, 0.2) is 9.84 Å². The summed E-state index contributed by atoms with van der Waals surface area (Å²) in [6.07, 6.45) is 0. The van der Waals surface area contributed by atoms with E-state index in [0.29, 0.717) is 0 Å². The van der Waals surface area contributed by atoms with Crippen LogP contribution in [0.15, 0.2) is 24.3 Å². The van der Waals surface area contributed by atoms with E-state index in [0.717, 1.165) is 5.56 Å². The maximum absolute atomic E-state index is 11.9. The summed E-state index contributed by atoms with van der Waals surface area (Å²) in [5.41, 5.74) is 2.19. The van der Waals surface area contributed by atoms with Crippen LogP contribution in [0.25, 0.3) is 0 Å². The molecule has 0 aliphatic heterocycles. The van der Waals surface area contributed by atoms with E-state index in [4.69, 9.17) is 0 Å². The van der Waals surface area contributed by atoms with Gasteiger partial charge in [0.25, 0.3) is 0 Å². The molecule has 0 radical (unpaired) electrons. The maximum Gasteiger partial charge on any atom is 0.154 e. The Morgan fingerprint density at radius 1 is 1.18 bits per heavy atom. The van der Waals surface area contributed by atoms with Gasteiger partial charge in [-0.25, -0.2) is 8.42 Å². The van der Waals surface area contributed by atoms with Gasteiger partial charge in [-0.05, 0) is 33.4 Å². The number of hydrogen-bond acceptors (Lipinski definition) is 3. The zero-order valence-electron chi connectivity index (χ0n) is 10.9. The molecule has 0 bridgehead atoms. The van der Waals surface area contributed by atoms with Crippen molar-refractivity contribution in [3.8, 4) is 0 Å². The highest BCUT2D eigenvalue weighted by atomic mass is 32.2. The molecule has 0 aliphatic rings. The molecule has 1 atom stereocenters. The number of benzene rings is 1. The zero-order valence-corrected chi connectivity index (χ0v) is 11.7. The van der Waals surface area contributed by atoms with Crippen LogP contribution in [0.1, 0.15) is 31.0 Å². The number of aryl methyl sites for hydroxylation is 1. The molecule has 1 unspecified atom stereocenters. The topological polar surface area (TPSA) is 46.2 Å². The highest BCUT2D eigenvalue weighted by Crippen LogP contribution is 2.17. The average molecular weight is 255 g/mol. The first kappa shape index (κ1) is 14.2. The summed E-state index contributed by atoms with van der Waals surface area (Å²) >= 11 is 0.